The van der Waals surface area contributed by atoms with Crippen LogP contribution in [0.5, 0.6) is 5.75 Å². The normalized spacial score (nSPS) is 12.8. The van der Waals surface area contributed by atoms with Crippen LogP contribution in [0.4, 0.5) is 13.2 Å². The first-order chi connectivity index (χ1) is 19.5. The summed E-state index contributed by atoms with van der Waals surface area (Å²) in [6.45, 7) is 5.51. The second-order valence-corrected chi connectivity index (χ2v) is 10.3. The first kappa shape index (κ1) is 31.8. The van der Waals surface area contributed by atoms with Gasteiger partial charge in [0.2, 0.25) is 0 Å². The van der Waals surface area contributed by atoms with E-state index >= 15 is 0 Å². The minimum Gasteiger partial charge on any atom is -0.479 e. The van der Waals surface area contributed by atoms with Crippen LogP contribution >= 0.6 is 0 Å². The van der Waals surface area contributed by atoms with Gasteiger partial charge < -0.3 is 20.3 Å². The number of benzene rings is 3. The van der Waals surface area contributed by atoms with Gasteiger partial charge in [0.25, 0.3) is 5.91 Å². The van der Waals surface area contributed by atoms with Gasteiger partial charge in [-0.25, -0.2) is 4.79 Å². The van der Waals surface area contributed by atoms with Gasteiger partial charge in [-0.2, -0.15) is 0 Å². The molecule has 3 N–H and O–H groups in total. The van der Waals surface area contributed by atoms with Gasteiger partial charge in [-0.15, -0.1) is 13.2 Å². The summed E-state index contributed by atoms with van der Waals surface area (Å²) >= 11 is 0. The number of amides is 1. The predicted molar refractivity (Wildman–Crippen MR) is 147 cm³/mol. The van der Waals surface area contributed by atoms with Crippen molar-refractivity contribution in [1.82, 2.24) is 5.32 Å². The number of allylic oxidation sites excluding steroid dienone is 2. The van der Waals surface area contributed by atoms with Gasteiger partial charge in [-0.3, -0.25) is 14.4 Å². The molecule has 0 aliphatic rings. The van der Waals surface area contributed by atoms with E-state index in [-0.39, 0.29) is 27.7 Å². The number of carbonyl (C=O) groups is 4. The lowest BCUT2D eigenvalue weighted by Crippen LogP contribution is -2.36. The molecule has 0 unspecified atom stereocenters. The van der Waals surface area contributed by atoms with E-state index in [1.165, 1.54) is 36.4 Å². The molecule has 0 radical (unpaired) electrons. The number of Topliss-reactive ketones (excluding diaryl/α,β-unsaturated/α-hetero) is 1. The minimum atomic E-state index is -4.91. The maximum atomic E-state index is 13.6. The van der Waals surface area contributed by atoms with Gasteiger partial charge in [0.15, 0.2) is 17.7 Å². The SMILES string of the molecule is CC(C)(C)c1ccc(C(=O)C=C(C(=O)c2ccc(C(=O)NC[C@@H](O)C(=O)O)cc2)c2ccc(OC(F)(F)F)cc2)cc1. The third kappa shape index (κ3) is 8.61. The number of ether oxygens (including phenoxy) is 1. The van der Waals surface area contributed by atoms with Crippen LogP contribution in [0.15, 0.2) is 78.9 Å². The number of aliphatic carboxylic acids is 1. The number of ketones is 2. The monoisotopic (exact) mass is 583 g/mol. The van der Waals surface area contributed by atoms with E-state index in [1.807, 2.05) is 20.8 Å². The fourth-order valence-electron chi connectivity index (χ4n) is 3.77. The van der Waals surface area contributed by atoms with Gasteiger partial charge in [-0.05, 0) is 46.9 Å². The van der Waals surface area contributed by atoms with Crippen molar-refractivity contribution in [1.29, 1.82) is 0 Å². The van der Waals surface area contributed by atoms with Crippen LogP contribution in [0.25, 0.3) is 5.57 Å². The van der Waals surface area contributed by atoms with Crippen LogP contribution in [-0.4, -0.2) is 52.7 Å². The molecule has 0 aliphatic heterocycles. The number of aliphatic hydroxyl groups excluding tert-OH is 1. The van der Waals surface area contributed by atoms with E-state index in [2.05, 4.69) is 10.1 Å². The van der Waals surface area contributed by atoms with Gasteiger partial charge >= 0.3 is 12.3 Å². The molecule has 3 aromatic carbocycles. The number of hydrogen-bond donors (Lipinski definition) is 3. The van der Waals surface area contributed by atoms with Crippen molar-refractivity contribution in [2.45, 2.75) is 38.7 Å². The van der Waals surface area contributed by atoms with Gasteiger partial charge in [0, 0.05) is 22.3 Å². The molecule has 42 heavy (non-hydrogen) atoms. The first-order valence-corrected chi connectivity index (χ1v) is 12.6. The van der Waals surface area contributed by atoms with Crippen LogP contribution in [0.1, 0.15) is 63.0 Å². The van der Waals surface area contributed by atoms with E-state index in [1.54, 1.807) is 24.3 Å². The Balaban J connectivity index is 1.93. The van der Waals surface area contributed by atoms with E-state index in [9.17, 15) is 37.5 Å². The molecule has 11 heteroatoms. The molecule has 0 heterocycles. The van der Waals surface area contributed by atoms with Crippen LogP contribution in [0.3, 0.4) is 0 Å². The van der Waals surface area contributed by atoms with E-state index in [0.29, 0.717) is 5.56 Å². The highest BCUT2D eigenvalue weighted by molar-refractivity contribution is 6.32. The number of carboxylic acids is 1. The Morgan fingerprint density at radius 3 is 1.81 bits per heavy atom. The standard InChI is InChI=1S/C31H28F3NO7/c1-30(2,3)22-12-8-19(9-13-22)25(36)16-24(18-10-14-23(15-11-18)42-31(32,33)34)27(38)20-4-6-21(7-5-20)28(39)35-17-26(37)29(40)41/h4-16,26,37H,17H2,1-3H3,(H,35,39)(H,40,41)/t26-/m1/s1. The van der Waals surface area contributed by atoms with Crippen LogP contribution in [0, 0.1) is 0 Å². The third-order valence-electron chi connectivity index (χ3n) is 6.10. The molecule has 0 aromatic heterocycles. The summed E-state index contributed by atoms with van der Waals surface area (Å²) in [5, 5.41) is 20.3. The summed E-state index contributed by atoms with van der Waals surface area (Å²) in [6, 6.07) is 16.5. The number of rotatable bonds is 10. The summed E-state index contributed by atoms with van der Waals surface area (Å²) in [5.41, 5.74) is 1.30. The molecule has 3 aromatic rings. The van der Waals surface area contributed by atoms with Crippen molar-refractivity contribution in [2.24, 2.45) is 0 Å². The number of nitrogens with one attached hydrogen (secondary N) is 1. The number of hydrogen-bond acceptors (Lipinski definition) is 6. The Labute approximate surface area is 239 Å². The summed E-state index contributed by atoms with van der Waals surface area (Å²) in [7, 11) is 0. The van der Waals surface area contributed by atoms with E-state index in [4.69, 9.17) is 5.11 Å². The molecule has 1 amide bonds. The zero-order chi connectivity index (χ0) is 31.2. The van der Waals surface area contributed by atoms with Crippen LogP contribution in [-0.2, 0) is 10.2 Å². The molecular weight excluding hydrogens is 555 g/mol. The molecule has 1 atom stereocenters. The summed E-state index contributed by atoms with van der Waals surface area (Å²) in [5.74, 6) is -3.87. The number of aliphatic hydroxyl groups is 1. The smallest absolute Gasteiger partial charge is 0.479 e. The Bertz CT molecular complexity index is 1490. The number of halogens is 3. The molecule has 0 bridgehead atoms. The molecule has 0 spiro atoms. The maximum Gasteiger partial charge on any atom is 0.573 e. The maximum absolute atomic E-state index is 13.6. The second-order valence-electron chi connectivity index (χ2n) is 10.3. The van der Waals surface area contributed by atoms with E-state index in [0.717, 1.165) is 23.8 Å². The third-order valence-corrected chi connectivity index (χ3v) is 6.10. The molecular formula is C31H28F3NO7. The van der Waals surface area contributed by atoms with Crippen molar-refractivity contribution in [3.05, 3.63) is 107 Å². The highest BCUT2D eigenvalue weighted by atomic mass is 19.4. The van der Waals surface area contributed by atoms with Gasteiger partial charge in [0.05, 0.1) is 6.54 Å². The lowest BCUT2D eigenvalue weighted by molar-refractivity contribution is -0.274. The van der Waals surface area contributed by atoms with Crippen molar-refractivity contribution in [3.63, 3.8) is 0 Å². The second kappa shape index (κ2) is 12.8. The number of carboxylic acid groups (broad SMARTS) is 1. The molecule has 0 saturated heterocycles. The lowest BCUT2D eigenvalue weighted by atomic mass is 9.86. The number of alkyl halides is 3. The quantitative estimate of drug-likeness (QED) is 0.221. The fraction of sp³-hybridized carbons (Fsp3) is 0.226. The lowest BCUT2D eigenvalue weighted by Gasteiger charge is -2.18. The van der Waals surface area contributed by atoms with Crippen LogP contribution < -0.4 is 10.1 Å². The van der Waals surface area contributed by atoms with Crippen molar-refractivity contribution < 1.29 is 47.3 Å². The van der Waals surface area contributed by atoms with E-state index < -0.39 is 48.2 Å². The highest BCUT2D eigenvalue weighted by Crippen LogP contribution is 2.28. The van der Waals surface area contributed by atoms with Crippen molar-refractivity contribution in [3.8, 4) is 5.75 Å². The molecule has 0 aliphatic carbocycles. The zero-order valence-electron chi connectivity index (χ0n) is 22.9. The summed E-state index contributed by atoms with van der Waals surface area (Å²) < 4.78 is 41.8. The van der Waals surface area contributed by atoms with Crippen LogP contribution in [0.2, 0.25) is 0 Å². The largest absolute Gasteiger partial charge is 0.573 e. The summed E-state index contributed by atoms with van der Waals surface area (Å²) in [6.07, 6.45) is -5.61. The highest BCUT2D eigenvalue weighted by Gasteiger charge is 2.31. The molecule has 0 fully saturated rings. The molecule has 0 saturated carbocycles. The fourth-order valence-corrected chi connectivity index (χ4v) is 3.77. The first-order valence-electron chi connectivity index (χ1n) is 12.6. The molecule has 8 nitrogen and oxygen atoms in total. The Morgan fingerprint density at radius 1 is 0.810 bits per heavy atom. The minimum absolute atomic E-state index is 0.0647. The van der Waals surface area contributed by atoms with Gasteiger partial charge in [0.1, 0.15) is 5.75 Å². The Kier molecular flexibility index (Phi) is 9.69. The van der Waals surface area contributed by atoms with Crippen molar-refractivity contribution >= 4 is 29.0 Å². The topological polar surface area (TPSA) is 130 Å². The molecule has 3 rings (SSSR count). The predicted octanol–water partition coefficient (Wildman–Crippen LogP) is 5.21. The average molecular weight is 584 g/mol. The van der Waals surface area contributed by atoms with Gasteiger partial charge in [-0.1, -0.05) is 69.3 Å². The Hall–Kier alpha value is -4.77. The summed E-state index contributed by atoms with van der Waals surface area (Å²) in [4.78, 5) is 49.7. The molecule has 220 valence electrons. The Morgan fingerprint density at radius 2 is 1.31 bits per heavy atom. The van der Waals surface area contributed by atoms with Crippen molar-refractivity contribution in [2.75, 3.05) is 6.54 Å². The number of carbonyl (C=O) groups excluding carboxylic acids is 3. The zero-order valence-corrected chi connectivity index (χ0v) is 22.9. The average Bonchev–Trinajstić information content (AvgIpc) is 2.93.